The lowest BCUT2D eigenvalue weighted by molar-refractivity contribution is -0.218. The fourth-order valence-corrected chi connectivity index (χ4v) is 6.20. The Kier molecular flexibility index (Phi) is 12.2. The Morgan fingerprint density at radius 3 is 0.821 bits per heavy atom. The summed E-state index contributed by atoms with van der Waals surface area (Å²) in [5.41, 5.74) is 0. The molecular formula is C8H20O25P6. The van der Waals surface area contributed by atoms with Crippen LogP contribution in [0.5, 0.6) is 0 Å². The molecule has 0 saturated heterocycles. The van der Waals surface area contributed by atoms with E-state index in [-0.39, 0.29) is 0 Å². The average molecular weight is 702 g/mol. The van der Waals surface area contributed by atoms with Crippen molar-refractivity contribution < 1.29 is 118 Å². The maximum Gasteiger partial charge on any atom is 0.470 e. The molecule has 0 aliphatic heterocycles. The summed E-state index contributed by atoms with van der Waals surface area (Å²) in [7, 11) is -35.6. The number of hydrogen-bond donors (Lipinski definition) is 12. The van der Waals surface area contributed by atoms with Gasteiger partial charge in [0.25, 0.3) is 0 Å². The molecule has 39 heavy (non-hydrogen) atoms. The Hall–Kier alpha value is 0.170. The summed E-state index contributed by atoms with van der Waals surface area (Å²) in [6.07, 6.45) is -20.7. The van der Waals surface area contributed by atoms with Gasteiger partial charge >= 0.3 is 52.7 Å². The van der Waals surface area contributed by atoms with Gasteiger partial charge in [0.15, 0.2) is 6.10 Å². The van der Waals surface area contributed by atoms with E-state index in [4.69, 9.17) is 9.79 Å². The van der Waals surface area contributed by atoms with Crippen LogP contribution in [-0.4, -0.2) is 107 Å². The topological polar surface area (TPSA) is 418 Å². The van der Waals surface area contributed by atoms with Crippen LogP contribution >= 0.6 is 46.7 Å². The van der Waals surface area contributed by atoms with Crippen LogP contribution in [-0.2, 0) is 59.5 Å². The third-order valence-electron chi connectivity index (χ3n) is 3.84. The largest absolute Gasteiger partial charge is 0.470 e. The highest BCUT2D eigenvalue weighted by molar-refractivity contribution is 7.52. The number of phosphoric acid groups is 5. The molecule has 0 aromatic heterocycles. The molecule has 12 N–H and O–H groups in total. The van der Waals surface area contributed by atoms with E-state index in [1.165, 1.54) is 0 Å². The average Bonchev–Trinajstić information content (AvgIpc) is 2.57. The first-order valence-corrected chi connectivity index (χ1v) is 18.3. The van der Waals surface area contributed by atoms with Crippen LogP contribution in [0.15, 0.2) is 0 Å². The van der Waals surface area contributed by atoms with E-state index in [0.29, 0.717) is 0 Å². The molecule has 0 spiro atoms. The van der Waals surface area contributed by atoms with Crippen molar-refractivity contribution in [1.82, 2.24) is 0 Å². The Balaban J connectivity index is 4.04. The van der Waals surface area contributed by atoms with Gasteiger partial charge in [0.05, 0.1) is 0 Å². The van der Waals surface area contributed by atoms with Gasteiger partial charge in [0.1, 0.15) is 36.7 Å². The Bertz CT molecular complexity index is 1100. The molecule has 0 radical (unpaired) electrons. The van der Waals surface area contributed by atoms with Gasteiger partial charge in [0, 0.05) is 0 Å². The van der Waals surface area contributed by atoms with E-state index in [0.717, 1.165) is 0 Å². The summed E-state index contributed by atoms with van der Waals surface area (Å²) in [4.78, 5) is 122. The molecule has 6 atom stereocenters. The van der Waals surface area contributed by atoms with E-state index in [9.17, 15) is 81.1 Å². The second-order valence-electron chi connectivity index (χ2n) is 7.08. The lowest BCUT2D eigenvalue weighted by Gasteiger charge is -2.48. The molecule has 1 rings (SSSR count). The number of phosphoric ester groups is 5. The zero-order valence-electron chi connectivity index (χ0n) is 18.0. The summed E-state index contributed by atoms with van der Waals surface area (Å²) < 4.78 is 94.1. The van der Waals surface area contributed by atoms with Crippen molar-refractivity contribution in [2.75, 3.05) is 6.16 Å². The van der Waals surface area contributed by atoms with Gasteiger partial charge in [-0.1, -0.05) is 0 Å². The highest BCUT2D eigenvalue weighted by Gasteiger charge is 2.62. The molecular weight excluding hydrogens is 682 g/mol. The quantitative estimate of drug-likeness (QED) is 0.0653. The van der Waals surface area contributed by atoms with Crippen molar-refractivity contribution in [3.63, 3.8) is 0 Å². The van der Waals surface area contributed by atoms with Crippen molar-refractivity contribution in [3.8, 4) is 0 Å². The van der Waals surface area contributed by atoms with Gasteiger partial charge in [-0.2, -0.15) is 0 Å². The van der Waals surface area contributed by atoms with Gasteiger partial charge in [-0.05, 0) is 0 Å². The van der Waals surface area contributed by atoms with E-state index >= 15 is 0 Å². The van der Waals surface area contributed by atoms with Crippen molar-refractivity contribution in [1.29, 1.82) is 0 Å². The lowest BCUT2D eigenvalue weighted by atomic mass is 9.85. The number of rotatable bonds is 13. The van der Waals surface area contributed by atoms with Crippen LogP contribution in [0, 0.1) is 0 Å². The summed E-state index contributed by atoms with van der Waals surface area (Å²) >= 11 is 0. The normalized spacial score (nSPS) is 27.8. The molecule has 1 saturated carbocycles. The molecule has 1 aliphatic carbocycles. The number of carbonyl (C=O) groups excluding carboxylic acids is 1. The molecule has 2 unspecified atom stereocenters. The van der Waals surface area contributed by atoms with E-state index in [2.05, 4.69) is 27.4 Å². The van der Waals surface area contributed by atoms with Crippen LogP contribution in [0.3, 0.4) is 0 Å². The Morgan fingerprint density at radius 1 is 0.436 bits per heavy atom. The lowest BCUT2D eigenvalue weighted by Crippen LogP contribution is -2.67. The van der Waals surface area contributed by atoms with Gasteiger partial charge in [-0.15, -0.1) is 0 Å². The first-order valence-electron chi connectivity index (χ1n) is 8.90. The standard InChI is InChI=1S/C8H20O25P6/c9-2(1-34(10,11)12)28-3-4(29-35(13,14)15)6(31-37(19,20)21)8(33-39(25,26)27)7(32-38(22,23)24)5(3)30-36(16,17)18/h3-8H,1H2,(H2,10,11,12)(H2,13,14,15)(H2,16,17,18)(H2,19,20,21)(H2,22,23,24)(H2,25,26,27)/t3?,4-,5+,6+,7-,8?. The van der Waals surface area contributed by atoms with Crippen LogP contribution in [0.1, 0.15) is 0 Å². The van der Waals surface area contributed by atoms with Crippen LogP contribution in [0.25, 0.3) is 0 Å². The Morgan fingerprint density at radius 2 is 0.641 bits per heavy atom. The minimum absolute atomic E-state index is 1.90. The molecule has 31 heteroatoms. The Labute approximate surface area is 214 Å². The fourth-order valence-electron chi connectivity index (χ4n) is 3.01. The summed E-state index contributed by atoms with van der Waals surface area (Å²) in [5, 5.41) is 0. The minimum atomic E-state index is -6.05. The second kappa shape index (κ2) is 12.8. The van der Waals surface area contributed by atoms with E-state index in [1.54, 1.807) is 0 Å². The summed E-state index contributed by atoms with van der Waals surface area (Å²) in [6, 6.07) is 0. The van der Waals surface area contributed by atoms with Gasteiger partial charge in [-0.25, -0.2) is 22.8 Å². The molecule has 0 bridgehead atoms. The molecule has 0 amide bonds. The number of esters is 1. The molecule has 0 aromatic rings. The zero-order valence-corrected chi connectivity index (χ0v) is 23.4. The first kappa shape index (κ1) is 37.2. The molecule has 1 fully saturated rings. The molecule has 232 valence electrons. The van der Waals surface area contributed by atoms with Crippen molar-refractivity contribution in [3.05, 3.63) is 0 Å². The van der Waals surface area contributed by atoms with E-state index < -0.39 is 95.5 Å². The molecule has 0 heterocycles. The highest BCUT2D eigenvalue weighted by atomic mass is 31.2. The fraction of sp³-hybridized carbons (Fsp3) is 0.875. The third-order valence-corrected chi connectivity index (χ3v) is 7.10. The van der Waals surface area contributed by atoms with Crippen LogP contribution in [0.2, 0.25) is 0 Å². The van der Waals surface area contributed by atoms with Crippen molar-refractivity contribution in [2.24, 2.45) is 0 Å². The minimum Gasteiger partial charge on any atom is -0.456 e. The second-order valence-corrected chi connectivity index (χ2v) is 14.7. The van der Waals surface area contributed by atoms with Crippen molar-refractivity contribution in [2.45, 2.75) is 36.6 Å². The van der Waals surface area contributed by atoms with Gasteiger partial charge in [0.2, 0.25) is 0 Å². The molecule has 1 aliphatic rings. The van der Waals surface area contributed by atoms with E-state index in [1.807, 2.05) is 0 Å². The highest BCUT2D eigenvalue weighted by Crippen LogP contribution is 2.55. The maximum atomic E-state index is 12.1. The smallest absolute Gasteiger partial charge is 0.456 e. The molecule has 0 aromatic carbocycles. The first-order chi connectivity index (χ1) is 17.0. The third kappa shape index (κ3) is 14.8. The summed E-state index contributed by atoms with van der Waals surface area (Å²) in [5.74, 6) is -2.12. The number of hydrogen-bond acceptors (Lipinski definition) is 13. The van der Waals surface area contributed by atoms with Gasteiger partial charge in [-0.3, -0.25) is 32.0 Å². The van der Waals surface area contributed by atoms with Gasteiger partial charge < -0.3 is 63.5 Å². The SMILES string of the molecule is O=C(CP(=O)(O)O)OC1[C@@H](OP(=O)(O)O)[C@H](OP(=O)(O)O)C(OP(=O)(O)O)[C@H](OP(=O)(O)O)[C@H]1OP(=O)(O)O. The maximum absolute atomic E-state index is 12.1. The predicted molar refractivity (Wildman–Crippen MR) is 111 cm³/mol. The predicted octanol–water partition coefficient (Wildman–Crippen LogP) is -3.52. The number of ether oxygens (including phenoxy) is 1. The van der Waals surface area contributed by atoms with Crippen LogP contribution < -0.4 is 0 Å². The zero-order chi connectivity index (χ0) is 31.0. The van der Waals surface area contributed by atoms with Crippen molar-refractivity contribution >= 4 is 52.7 Å². The molecule has 25 nitrogen and oxygen atoms in total. The number of carbonyl (C=O) groups is 1. The van der Waals surface area contributed by atoms with Crippen LogP contribution in [0.4, 0.5) is 0 Å². The summed E-state index contributed by atoms with van der Waals surface area (Å²) in [6.45, 7) is 0. The monoisotopic (exact) mass is 702 g/mol.